The van der Waals surface area contributed by atoms with Crippen molar-refractivity contribution in [1.82, 2.24) is 25.2 Å². The van der Waals surface area contributed by atoms with Crippen LogP contribution in [0.2, 0.25) is 0 Å². The van der Waals surface area contributed by atoms with Gasteiger partial charge in [-0.1, -0.05) is 18.2 Å². The van der Waals surface area contributed by atoms with Crippen molar-refractivity contribution in [3.05, 3.63) is 101 Å². The lowest BCUT2D eigenvalue weighted by Crippen LogP contribution is -2.24. The average molecular weight is 471 g/mol. The van der Waals surface area contributed by atoms with Crippen LogP contribution in [0.1, 0.15) is 32.9 Å². The molecule has 0 fully saturated rings. The molecular weight excluding hydrogens is 447 g/mol. The topological polar surface area (TPSA) is 135 Å². The highest BCUT2D eigenvalue weighted by Gasteiger charge is 2.14. The van der Waals surface area contributed by atoms with E-state index in [-0.39, 0.29) is 24.0 Å². The molecule has 0 unspecified atom stereocenters. The molecule has 3 aromatic heterocycles. The number of nitrogens with one attached hydrogen (secondary N) is 2. The van der Waals surface area contributed by atoms with Crippen LogP contribution in [0.3, 0.4) is 0 Å². The van der Waals surface area contributed by atoms with Gasteiger partial charge in [0.05, 0.1) is 28.7 Å². The lowest BCUT2D eigenvalue weighted by molar-refractivity contribution is 0.0950. The second kappa shape index (κ2) is 11.0. The van der Waals surface area contributed by atoms with Gasteiger partial charge in [-0.25, -0.2) is 4.39 Å². The normalized spacial score (nSPS) is 10.5. The number of amides is 1. The highest BCUT2D eigenvalue weighted by Crippen LogP contribution is 2.20. The third-order valence-electron chi connectivity index (χ3n) is 5.32. The molecule has 0 aliphatic heterocycles. The van der Waals surface area contributed by atoms with Crippen molar-refractivity contribution in [2.75, 3.05) is 12.0 Å². The zero-order chi connectivity index (χ0) is 24.6. The van der Waals surface area contributed by atoms with Gasteiger partial charge in [0.1, 0.15) is 11.9 Å². The fraction of sp³-hybridized carbons (Fsp3) is 0.160. The maximum Gasteiger partial charge on any atom is 0.253 e. The largest absolute Gasteiger partial charge is 0.348 e. The van der Waals surface area contributed by atoms with Crippen LogP contribution in [-0.4, -0.2) is 32.3 Å². The molecule has 0 spiro atoms. The number of nitrogens with zero attached hydrogens (tertiary/aromatic N) is 5. The number of benzene rings is 1. The van der Waals surface area contributed by atoms with Gasteiger partial charge in [0.25, 0.3) is 5.91 Å². The Kier molecular flexibility index (Phi) is 7.40. The van der Waals surface area contributed by atoms with Gasteiger partial charge >= 0.3 is 0 Å². The van der Waals surface area contributed by atoms with Gasteiger partial charge in [-0.05, 0) is 47.9 Å². The fourth-order valence-corrected chi connectivity index (χ4v) is 3.51. The van der Waals surface area contributed by atoms with Crippen LogP contribution in [0.4, 0.5) is 4.39 Å². The molecule has 0 atom stereocenters. The summed E-state index contributed by atoms with van der Waals surface area (Å²) in [6.07, 6.45) is 5.35. The predicted octanol–water partition coefficient (Wildman–Crippen LogP) is 2.53. The number of nitrogens with two attached hydrogens (primary N) is 1. The van der Waals surface area contributed by atoms with Gasteiger partial charge in [-0.2, -0.15) is 10.1 Å². The number of pyridine rings is 2. The SMILES string of the molecule is N#Cc1nn(NCCc2cccc(F)c2)cc1-c1ccc(C(=O)NCc2cccnc2CN)cn1. The smallest absolute Gasteiger partial charge is 0.253 e. The van der Waals surface area contributed by atoms with E-state index in [1.54, 1.807) is 36.7 Å². The summed E-state index contributed by atoms with van der Waals surface area (Å²) in [5, 5.41) is 16.6. The minimum absolute atomic E-state index is 0.193. The number of aromatic nitrogens is 4. The summed E-state index contributed by atoms with van der Waals surface area (Å²) in [5.74, 6) is -0.567. The Morgan fingerprint density at radius 1 is 1.17 bits per heavy atom. The molecule has 0 saturated carbocycles. The summed E-state index contributed by atoms with van der Waals surface area (Å²) < 4.78 is 13.3. The van der Waals surface area contributed by atoms with E-state index in [0.717, 1.165) is 16.8 Å². The molecule has 0 saturated heterocycles. The fourth-order valence-electron chi connectivity index (χ4n) is 3.51. The van der Waals surface area contributed by atoms with Crippen molar-refractivity contribution in [2.24, 2.45) is 5.73 Å². The maximum atomic E-state index is 13.3. The lowest BCUT2D eigenvalue weighted by atomic mass is 10.1. The quantitative estimate of drug-likeness (QED) is 0.342. The molecule has 9 nitrogen and oxygen atoms in total. The number of carbonyl (C=O) groups excluding carboxylic acids is 1. The van der Waals surface area contributed by atoms with Gasteiger partial charge < -0.3 is 16.5 Å². The zero-order valence-electron chi connectivity index (χ0n) is 18.8. The van der Waals surface area contributed by atoms with Gasteiger partial charge in [0.15, 0.2) is 5.69 Å². The Bertz CT molecular complexity index is 1360. The summed E-state index contributed by atoms with van der Waals surface area (Å²) >= 11 is 0. The number of hydrogen-bond donors (Lipinski definition) is 3. The minimum Gasteiger partial charge on any atom is -0.348 e. The molecular formula is C25H23FN8O. The van der Waals surface area contributed by atoms with Crippen LogP contribution in [0.15, 0.2) is 67.1 Å². The second-order valence-corrected chi connectivity index (χ2v) is 7.66. The Balaban J connectivity index is 1.39. The highest BCUT2D eigenvalue weighted by atomic mass is 19.1. The van der Waals surface area contributed by atoms with Crippen molar-refractivity contribution in [3.8, 4) is 17.3 Å². The number of carbonyl (C=O) groups is 1. The summed E-state index contributed by atoms with van der Waals surface area (Å²) in [4.78, 5) is 22.5. The molecule has 0 radical (unpaired) electrons. The predicted molar refractivity (Wildman–Crippen MR) is 128 cm³/mol. The van der Waals surface area contributed by atoms with E-state index in [0.29, 0.717) is 36.3 Å². The molecule has 35 heavy (non-hydrogen) atoms. The molecule has 0 bridgehead atoms. The van der Waals surface area contributed by atoms with E-state index in [9.17, 15) is 14.4 Å². The monoisotopic (exact) mass is 470 g/mol. The molecule has 1 aromatic carbocycles. The van der Waals surface area contributed by atoms with Gasteiger partial charge in [0, 0.05) is 32.0 Å². The standard InChI is InChI=1S/C25H23FN8O/c26-20-5-1-3-17(11-20)8-10-32-34-16-21(24(13-28)33-34)22-7-6-19(15-30-22)25(35)31-14-18-4-2-9-29-23(18)12-27/h1-7,9,11,15-16,32H,8,10,12,14,27H2,(H,31,35). The first-order valence-corrected chi connectivity index (χ1v) is 10.9. The van der Waals surface area contributed by atoms with Crippen LogP contribution in [0, 0.1) is 17.1 Å². The third kappa shape index (κ3) is 5.85. The van der Waals surface area contributed by atoms with Crippen LogP contribution in [0.5, 0.6) is 0 Å². The third-order valence-corrected chi connectivity index (χ3v) is 5.32. The van der Waals surface area contributed by atoms with E-state index in [2.05, 4.69) is 31.9 Å². The van der Waals surface area contributed by atoms with Gasteiger partial charge in [-0.3, -0.25) is 14.8 Å². The molecule has 176 valence electrons. The minimum atomic E-state index is -0.286. The molecule has 0 aliphatic carbocycles. The lowest BCUT2D eigenvalue weighted by Gasteiger charge is -2.08. The summed E-state index contributed by atoms with van der Waals surface area (Å²) in [7, 11) is 0. The van der Waals surface area contributed by atoms with Crippen molar-refractivity contribution < 1.29 is 9.18 Å². The number of halogens is 1. The summed E-state index contributed by atoms with van der Waals surface area (Å²) in [5.41, 5.74) is 12.8. The van der Waals surface area contributed by atoms with E-state index < -0.39 is 0 Å². The van der Waals surface area contributed by atoms with Gasteiger partial charge in [-0.15, -0.1) is 5.10 Å². The highest BCUT2D eigenvalue weighted by molar-refractivity contribution is 5.94. The van der Waals surface area contributed by atoms with E-state index in [1.807, 2.05) is 12.1 Å². The molecule has 4 aromatic rings. The van der Waals surface area contributed by atoms with Crippen molar-refractivity contribution >= 4 is 5.91 Å². The first-order chi connectivity index (χ1) is 17.1. The molecule has 3 heterocycles. The maximum absolute atomic E-state index is 13.3. The van der Waals surface area contributed by atoms with Crippen molar-refractivity contribution in [3.63, 3.8) is 0 Å². The number of rotatable bonds is 9. The number of nitriles is 1. The van der Waals surface area contributed by atoms with Gasteiger partial charge in [0.2, 0.25) is 0 Å². The van der Waals surface area contributed by atoms with E-state index in [1.165, 1.54) is 23.1 Å². The Morgan fingerprint density at radius 2 is 2.06 bits per heavy atom. The number of hydrogen-bond acceptors (Lipinski definition) is 7. The Hall–Kier alpha value is -4.62. The zero-order valence-corrected chi connectivity index (χ0v) is 18.8. The van der Waals surface area contributed by atoms with Crippen LogP contribution in [-0.2, 0) is 19.5 Å². The summed E-state index contributed by atoms with van der Waals surface area (Å²) in [6.45, 7) is 1.08. The summed E-state index contributed by atoms with van der Waals surface area (Å²) in [6, 6.07) is 15.4. The average Bonchev–Trinajstić information content (AvgIpc) is 3.31. The first-order valence-electron chi connectivity index (χ1n) is 10.9. The van der Waals surface area contributed by atoms with E-state index >= 15 is 0 Å². The van der Waals surface area contributed by atoms with Crippen molar-refractivity contribution in [1.29, 1.82) is 5.26 Å². The first kappa shape index (κ1) is 23.5. The molecule has 4 rings (SSSR count). The molecule has 10 heteroatoms. The van der Waals surface area contributed by atoms with Crippen LogP contribution >= 0.6 is 0 Å². The van der Waals surface area contributed by atoms with E-state index in [4.69, 9.17) is 5.73 Å². The Morgan fingerprint density at radius 3 is 2.80 bits per heavy atom. The molecule has 4 N–H and O–H groups in total. The Labute approximate surface area is 201 Å². The van der Waals surface area contributed by atoms with Crippen LogP contribution < -0.4 is 16.5 Å². The molecule has 1 amide bonds. The second-order valence-electron chi connectivity index (χ2n) is 7.66. The van der Waals surface area contributed by atoms with Crippen LogP contribution in [0.25, 0.3) is 11.3 Å². The van der Waals surface area contributed by atoms with Crippen molar-refractivity contribution in [2.45, 2.75) is 19.5 Å². The molecule has 0 aliphatic rings.